The molecule has 110 valence electrons. The van der Waals surface area contributed by atoms with Crippen LogP contribution in [0.3, 0.4) is 0 Å². The number of carboxylic acid groups (broad SMARTS) is 1. The Hall–Kier alpha value is -1.85. The molecular weight excluding hydrogens is 260 g/mol. The van der Waals surface area contributed by atoms with Gasteiger partial charge in [0.05, 0.1) is 5.69 Å². The quantitative estimate of drug-likeness (QED) is 0.884. The summed E-state index contributed by atoms with van der Waals surface area (Å²) in [7, 11) is 0. The highest BCUT2D eigenvalue weighted by Crippen LogP contribution is 2.32. The van der Waals surface area contributed by atoms with E-state index in [9.17, 15) is 14.7 Å². The van der Waals surface area contributed by atoms with E-state index in [4.69, 9.17) is 4.42 Å². The summed E-state index contributed by atoms with van der Waals surface area (Å²) >= 11 is 0. The van der Waals surface area contributed by atoms with Crippen LogP contribution in [0.2, 0.25) is 0 Å². The van der Waals surface area contributed by atoms with Gasteiger partial charge in [-0.2, -0.15) is 0 Å². The lowest BCUT2D eigenvalue weighted by atomic mass is 9.77. The van der Waals surface area contributed by atoms with E-state index >= 15 is 0 Å². The Labute approximate surface area is 117 Å². The number of nitrogens with one attached hydrogen (secondary N) is 1. The van der Waals surface area contributed by atoms with Crippen molar-refractivity contribution in [3.8, 4) is 0 Å². The fourth-order valence-corrected chi connectivity index (χ4v) is 2.66. The third kappa shape index (κ3) is 2.69. The van der Waals surface area contributed by atoms with Crippen molar-refractivity contribution in [2.45, 2.75) is 52.0 Å². The highest BCUT2D eigenvalue weighted by molar-refractivity contribution is 5.96. The third-order valence-electron chi connectivity index (χ3n) is 4.00. The maximum atomic E-state index is 12.2. The van der Waals surface area contributed by atoms with E-state index < -0.39 is 17.4 Å². The molecule has 1 aliphatic rings. The van der Waals surface area contributed by atoms with Gasteiger partial charge in [0, 0.05) is 6.92 Å². The Morgan fingerprint density at radius 3 is 2.40 bits per heavy atom. The molecule has 1 aromatic heterocycles. The number of carbonyl (C=O) groups is 2. The minimum atomic E-state index is -1.18. The van der Waals surface area contributed by atoms with Gasteiger partial charge < -0.3 is 14.8 Å². The van der Waals surface area contributed by atoms with Crippen LogP contribution in [0, 0.1) is 19.8 Å². The Kier molecular flexibility index (Phi) is 3.83. The molecule has 2 N–H and O–H groups in total. The second-order valence-electron chi connectivity index (χ2n) is 5.67. The van der Waals surface area contributed by atoms with E-state index in [0.29, 0.717) is 30.3 Å². The van der Waals surface area contributed by atoms with Crippen LogP contribution >= 0.6 is 0 Å². The molecule has 20 heavy (non-hydrogen) atoms. The maximum absolute atomic E-state index is 12.2. The zero-order valence-corrected chi connectivity index (χ0v) is 12.0. The SMILES string of the molecule is Cc1nc(C)c(C(=O)NC2(C(=O)O)CCC(C)CC2)o1. The van der Waals surface area contributed by atoms with Crippen molar-refractivity contribution < 1.29 is 19.1 Å². The van der Waals surface area contributed by atoms with Crippen molar-refractivity contribution in [1.29, 1.82) is 0 Å². The summed E-state index contributed by atoms with van der Waals surface area (Å²) in [5.74, 6) is -0.489. The Bertz CT molecular complexity index is 527. The van der Waals surface area contributed by atoms with E-state index in [1.165, 1.54) is 0 Å². The van der Waals surface area contributed by atoms with Crippen LogP contribution in [0.4, 0.5) is 0 Å². The lowest BCUT2D eigenvalue weighted by molar-refractivity contribution is -0.146. The topological polar surface area (TPSA) is 92.4 Å². The summed E-state index contributed by atoms with van der Waals surface area (Å²) in [4.78, 5) is 27.8. The number of hydrogen-bond acceptors (Lipinski definition) is 4. The molecule has 1 saturated carbocycles. The molecule has 0 spiro atoms. The number of hydrogen-bond donors (Lipinski definition) is 2. The molecule has 6 heteroatoms. The number of carboxylic acids is 1. The van der Waals surface area contributed by atoms with Crippen LogP contribution in [-0.2, 0) is 4.79 Å². The van der Waals surface area contributed by atoms with Gasteiger partial charge >= 0.3 is 5.97 Å². The van der Waals surface area contributed by atoms with Gasteiger partial charge in [0.25, 0.3) is 5.91 Å². The first-order valence-corrected chi connectivity index (χ1v) is 6.84. The largest absolute Gasteiger partial charge is 0.480 e. The molecule has 1 amide bonds. The van der Waals surface area contributed by atoms with E-state index in [2.05, 4.69) is 17.2 Å². The van der Waals surface area contributed by atoms with Gasteiger partial charge in [-0.05, 0) is 38.5 Å². The van der Waals surface area contributed by atoms with E-state index in [-0.39, 0.29) is 5.76 Å². The lowest BCUT2D eigenvalue weighted by Gasteiger charge is -2.36. The van der Waals surface area contributed by atoms with Crippen LogP contribution in [0.5, 0.6) is 0 Å². The average molecular weight is 280 g/mol. The normalized spacial score (nSPS) is 26.2. The smallest absolute Gasteiger partial charge is 0.329 e. The summed E-state index contributed by atoms with van der Waals surface area (Å²) < 4.78 is 5.25. The van der Waals surface area contributed by atoms with Crippen molar-refractivity contribution >= 4 is 11.9 Å². The summed E-state index contributed by atoms with van der Waals surface area (Å²) in [6, 6.07) is 0. The number of oxazole rings is 1. The molecule has 0 aromatic carbocycles. The highest BCUT2D eigenvalue weighted by atomic mass is 16.4. The van der Waals surface area contributed by atoms with E-state index in [0.717, 1.165) is 12.8 Å². The molecule has 1 aliphatic carbocycles. The van der Waals surface area contributed by atoms with Gasteiger partial charge in [-0.3, -0.25) is 4.79 Å². The maximum Gasteiger partial charge on any atom is 0.329 e. The van der Waals surface area contributed by atoms with Crippen molar-refractivity contribution in [1.82, 2.24) is 10.3 Å². The fraction of sp³-hybridized carbons (Fsp3) is 0.643. The highest BCUT2D eigenvalue weighted by Gasteiger charge is 2.43. The Balaban J connectivity index is 2.19. The Morgan fingerprint density at radius 1 is 1.35 bits per heavy atom. The fourth-order valence-electron chi connectivity index (χ4n) is 2.66. The Morgan fingerprint density at radius 2 is 1.95 bits per heavy atom. The third-order valence-corrected chi connectivity index (χ3v) is 4.00. The van der Waals surface area contributed by atoms with E-state index in [1.807, 2.05) is 0 Å². The molecule has 0 aliphatic heterocycles. The minimum absolute atomic E-state index is 0.0988. The monoisotopic (exact) mass is 280 g/mol. The van der Waals surface area contributed by atoms with Crippen molar-refractivity contribution in [3.63, 3.8) is 0 Å². The minimum Gasteiger partial charge on any atom is -0.480 e. The van der Waals surface area contributed by atoms with Crippen molar-refractivity contribution in [2.75, 3.05) is 0 Å². The van der Waals surface area contributed by atoms with Crippen LogP contribution in [0.15, 0.2) is 4.42 Å². The molecule has 1 heterocycles. The first-order chi connectivity index (χ1) is 9.34. The first-order valence-electron chi connectivity index (χ1n) is 6.84. The van der Waals surface area contributed by atoms with Crippen LogP contribution in [0.25, 0.3) is 0 Å². The molecule has 6 nitrogen and oxygen atoms in total. The van der Waals surface area contributed by atoms with Crippen LogP contribution in [0.1, 0.15) is 54.7 Å². The van der Waals surface area contributed by atoms with Crippen LogP contribution in [-0.4, -0.2) is 27.5 Å². The predicted molar refractivity (Wildman–Crippen MR) is 71.4 cm³/mol. The molecule has 1 fully saturated rings. The summed E-state index contributed by atoms with van der Waals surface area (Å²) in [6.45, 7) is 5.42. The van der Waals surface area contributed by atoms with Gasteiger partial charge in [0.1, 0.15) is 5.54 Å². The number of amides is 1. The molecule has 0 bridgehead atoms. The van der Waals surface area contributed by atoms with Gasteiger partial charge in [-0.1, -0.05) is 6.92 Å². The summed E-state index contributed by atoms with van der Waals surface area (Å²) in [5, 5.41) is 12.1. The van der Waals surface area contributed by atoms with Gasteiger partial charge in [0.2, 0.25) is 5.76 Å². The predicted octanol–water partition coefficient (Wildman–Crippen LogP) is 2.05. The summed E-state index contributed by atoms with van der Waals surface area (Å²) in [6.07, 6.45) is 2.48. The number of carbonyl (C=O) groups excluding carboxylic acids is 1. The molecule has 1 aromatic rings. The molecule has 0 radical (unpaired) electrons. The van der Waals surface area contributed by atoms with Gasteiger partial charge in [-0.25, -0.2) is 9.78 Å². The molecule has 2 rings (SSSR count). The number of aryl methyl sites for hydroxylation is 2. The molecule has 0 saturated heterocycles. The van der Waals surface area contributed by atoms with Crippen LogP contribution < -0.4 is 5.32 Å². The van der Waals surface area contributed by atoms with Crippen molar-refractivity contribution in [2.24, 2.45) is 5.92 Å². The molecular formula is C14H20N2O4. The van der Waals surface area contributed by atoms with Gasteiger partial charge in [0.15, 0.2) is 5.89 Å². The molecule has 0 unspecified atom stereocenters. The summed E-state index contributed by atoms with van der Waals surface area (Å²) in [5.41, 5.74) is -0.707. The second-order valence-corrected chi connectivity index (χ2v) is 5.67. The standard InChI is InChI=1S/C14H20N2O4/c1-8-4-6-14(7-5-8,13(18)19)16-12(17)11-9(2)15-10(3)20-11/h8H,4-7H2,1-3H3,(H,16,17)(H,18,19). The lowest BCUT2D eigenvalue weighted by Crippen LogP contribution is -2.56. The number of aliphatic carboxylic acids is 1. The van der Waals surface area contributed by atoms with E-state index in [1.54, 1.807) is 13.8 Å². The first kappa shape index (κ1) is 14.6. The zero-order valence-electron chi connectivity index (χ0n) is 12.0. The second kappa shape index (κ2) is 5.26. The van der Waals surface area contributed by atoms with Gasteiger partial charge in [-0.15, -0.1) is 0 Å². The number of rotatable bonds is 3. The molecule has 0 atom stereocenters. The zero-order chi connectivity index (χ0) is 14.9. The number of nitrogens with zero attached hydrogens (tertiary/aromatic N) is 1. The number of aromatic nitrogens is 1. The average Bonchev–Trinajstić information content (AvgIpc) is 2.71. The van der Waals surface area contributed by atoms with Crippen molar-refractivity contribution in [3.05, 3.63) is 17.3 Å².